The van der Waals surface area contributed by atoms with E-state index in [1.165, 1.54) is 6.92 Å². The molecule has 2 amide bonds. The predicted molar refractivity (Wildman–Crippen MR) is 94.1 cm³/mol. The van der Waals surface area contributed by atoms with Crippen molar-refractivity contribution < 1.29 is 19.4 Å². The van der Waals surface area contributed by atoms with E-state index in [0.717, 1.165) is 11.4 Å². The molecular formula is C18H22N4O4. The Labute approximate surface area is 151 Å². The number of ether oxygens (including phenoxy) is 1. The number of benzene rings is 1. The largest absolute Gasteiger partial charge is 0.394 e. The van der Waals surface area contributed by atoms with E-state index in [1.54, 1.807) is 23.2 Å². The highest BCUT2D eigenvalue weighted by Gasteiger charge is 2.37. The lowest BCUT2D eigenvalue weighted by Gasteiger charge is -2.40. The normalized spacial score (nSPS) is 20.3. The molecule has 2 aromatic rings. The van der Waals surface area contributed by atoms with Crippen LogP contribution in [0.3, 0.4) is 0 Å². The Hall–Kier alpha value is -2.71. The van der Waals surface area contributed by atoms with Gasteiger partial charge in [-0.2, -0.15) is 0 Å². The number of aromatic nitrogens is 2. The summed E-state index contributed by atoms with van der Waals surface area (Å²) in [5.74, 6) is 0.406. The van der Waals surface area contributed by atoms with Crippen molar-refractivity contribution in [3.63, 3.8) is 0 Å². The summed E-state index contributed by atoms with van der Waals surface area (Å²) in [7, 11) is 1.86. The summed E-state index contributed by atoms with van der Waals surface area (Å²) in [6.45, 7) is 1.46. The fourth-order valence-electron chi connectivity index (χ4n) is 3.08. The van der Waals surface area contributed by atoms with E-state index in [-0.39, 0.29) is 25.0 Å². The SMILES string of the molecule is CC(=O)Nc1ccc([C@H]2OCC(=O)N(Cc3nccn3C)[C@@H]2CO)cc1. The van der Waals surface area contributed by atoms with Gasteiger partial charge < -0.3 is 24.6 Å². The number of rotatable bonds is 5. The van der Waals surface area contributed by atoms with E-state index in [4.69, 9.17) is 4.74 Å². The second kappa shape index (κ2) is 7.67. The van der Waals surface area contributed by atoms with E-state index in [9.17, 15) is 14.7 Å². The Bertz CT molecular complexity index is 787. The van der Waals surface area contributed by atoms with Crippen molar-refractivity contribution in [3.05, 3.63) is 48.0 Å². The summed E-state index contributed by atoms with van der Waals surface area (Å²) in [6, 6.07) is 6.68. The number of aliphatic hydroxyl groups excluding tert-OH is 1. The van der Waals surface area contributed by atoms with Crippen LogP contribution in [0.25, 0.3) is 0 Å². The first-order chi connectivity index (χ1) is 12.5. The number of hydrogen-bond donors (Lipinski definition) is 2. The molecule has 8 heteroatoms. The Balaban J connectivity index is 1.81. The first kappa shape index (κ1) is 18.1. The topological polar surface area (TPSA) is 96.7 Å². The molecule has 1 fully saturated rings. The smallest absolute Gasteiger partial charge is 0.249 e. The van der Waals surface area contributed by atoms with Crippen LogP contribution < -0.4 is 5.32 Å². The van der Waals surface area contributed by atoms with Crippen molar-refractivity contribution in [2.45, 2.75) is 25.6 Å². The second-order valence-electron chi connectivity index (χ2n) is 6.26. The van der Waals surface area contributed by atoms with Crippen molar-refractivity contribution in [3.8, 4) is 0 Å². The first-order valence-corrected chi connectivity index (χ1v) is 8.35. The van der Waals surface area contributed by atoms with Crippen molar-refractivity contribution in [2.24, 2.45) is 7.05 Å². The van der Waals surface area contributed by atoms with Gasteiger partial charge in [-0.15, -0.1) is 0 Å². The van der Waals surface area contributed by atoms with E-state index in [2.05, 4.69) is 10.3 Å². The van der Waals surface area contributed by atoms with E-state index in [0.29, 0.717) is 12.2 Å². The molecule has 0 radical (unpaired) electrons. The van der Waals surface area contributed by atoms with Crippen LogP contribution in [0.5, 0.6) is 0 Å². The van der Waals surface area contributed by atoms with Crippen LogP contribution in [0.15, 0.2) is 36.7 Å². The summed E-state index contributed by atoms with van der Waals surface area (Å²) < 4.78 is 7.56. The van der Waals surface area contributed by atoms with Gasteiger partial charge in [-0.3, -0.25) is 9.59 Å². The third-order valence-electron chi connectivity index (χ3n) is 4.44. The minimum Gasteiger partial charge on any atom is -0.394 e. The number of imidazole rings is 1. The van der Waals surface area contributed by atoms with Crippen LogP contribution in [-0.2, 0) is 27.9 Å². The van der Waals surface area contributed by atoms with Crippen LogP contribution in [0, 0.1) is 0 Å². The number of aliphatic hydroxyl groups is 1. The van der Waals surface area contributed by atoms with Crippen LogP contribution >= 0.6 is 0 Å². The lowest BCUT2D eigenvalue weighted by molar-refractivity contribution is -0.162. The number of amides is 2. The third kappa shape index (κ3) is 3.76. The molecule has 0 bridgehead atoms. The maximum absolute atomic E-state index is 12.4. The molecule has 0 aliphatic carbocycles. The van der Waals surface area contributed by atoms with Gasteiger partial charge in [0.2, 0.25) is 11.8 Å². The van der Waals surface area contributed by atoms with Gasteiger partial charge in [0.05, 0.1) is 19.2 Å². The molecule has 1 aliphatic rings. The number of anilines is 1. The molecule has 1 aliphatic heterocycles. The molecule has 138 valence electrons. The standard InChI is InChI=1S/C18H22N4O4/c1-12(24)20-14-5-3-13(4-6-14)18-15(10-23)22(17(25)11-26-18)9-16-19-7-8-21(16)2/h3-8,15,18,23H,9-11H2,1-2H3,(H,20,24)/t15-,18-/m1/s1. The summed E-state index contributed by atoms with van der Waals surface area (Å²) >= 11 is 0. The molecule has 0 saturated carbocycles. The van der Waals surface area contributed by atoms with Gasteiger partial charge in [0.1, 0.15) is 18.5 Å². The van der Waals surface area contributed by atoms with Gasteiger partial charge in [0, 0.05) is 32.1 Å². The van der Waals surface area contributed by atoms with Crippen molar-refractivity contribution in [2.75, 3.05) is 18.5 Å². The number of nitrogens with one attached hydrogen (secondary N) is 1. The van der Waals surface area contributed by atoms with Gasteiger partial charge in [0.15, 0.2) is 0 Å². The number of carbonyl (C=O) groups excluding carboxylic acids is 2. The van der Waals surface area contributed by atoms with Crippen molar-refractivity contribution >= 4 is 17.5 Å². The number of morpholine rings is 1. The highest BCUT2D eigenvalue weighted by Crippen LogP contribution is 2.30. The minimum absolute atomic E-state index is 0.0565. The van der Waals surface area contributed by atoms with Crippen LogP contribution in [0.1, 0.15) is 24.4 Å². The zero-order valence-corrected chi connectivity index (χ0v) is 14.8. The monoisotopic (exact) mass is 358 g/mol. The summed E-state index contributed by atoms with van der Waals surface area (Å²) in [6.07, 6.45) is 3.03. The van der Waals surface area contributed by atoms with Crippen LogP contribution in [0.4, 0.5) is 5.69 Å². The molecule has 0 unspecified atom stereocenters. The van der Waals surface area contributed by atoms with Gasteiger partial charge in [0.25, 0.3) is 0 Å². The first-order valence-electron chi connectivity index (χ1n) is 8.35. The van der Waals surface area contributed by atoms with Crippen molar-refractivity contribution in [1.82, 2.24) is 14.5 Å². The molecule has 26 heavy (non-hydrogen) atoms. The maximum Gasteiger partial charge on any atom is 0.249 e. The molecular weight excluding hydrogens is 336 g/mol. The van der Waals surface area contributed by atoms with Gasteiger partial charge >= 0.3 is 0 Å². The minimum atomic E-state index is -0.514. The molecule has 2 atom stereocenters. The summed E-state index contributed by atoms with van der Waals surface area (Å²) in [5.41, 5.74) is 1.51. The van der Waals surface area contributed by atoms with Crippen LogP contribution in [0.2, 0.25) is 0 Å². The van der Waals surface area contributed by atoms with Gasteiger partial charge in [-0.05, 0) is 17.7 Å². The summed E-state index contributed by atoms with van der Waals surface area (Å²) in [4.78, 5) is 29.4. The zero-order chi connectivity index (χ0) is 18.7. The lowest BCUT2D eigenvalue weighted by atomic mass is 9.99. The molecule has 2 heterocycles. The third-order valence-corrected chi connectivity index (χ3v) is 4.44. The van der Waals surface area contributed by atoms with E-state index < -0.39 is 12.1 Å². The van der Waals surface area contributed by atoms with E-state index >= 15 is 0 Å². The van der Waals surface area contributed by atoms with E-state index in [1.807, 2.05) is 29.9 Å². The maximum atomic E-state index is 12.4. The summed E-state index contributed by atoms with van der Waals surface area (Å²) in [5, 5.41) is 12.6. The average Bonchev–Trinajstić information content (AvgIpc) is 3.02. The fourth-order valence-corrected chi connectivity index (χ4v) is 3.08. The molecule has 1 aromatic heterocycles. The number of aryl methyl sites for hydroxylation is 1. The molecule has 1 saturated heterocycles. The van der Waals surface area contributed by atoms with Gasteiger partial charge in [-0.25, -0.2) is 4.98 Å². The Morgan fingerprint density at radius 2 is 2.12 bits per heavy atom. The van der Waals surface area contributed by atoms with Crippen molar-refractivity contribution in [1.29, 1.82) is 0 Å². The molecule has 3 rings (SSSR count). The molecule has 2 N–H and O–H groups in total. The Morgan fingerprint density at radius 1 is 1.38 bits per heavy atom. The lowest BCUT2D eigenvalue weighted by Crippen LogP contribution is -2.52. The predicted octanol–water partition coefficient (Wildman–Crippen LogP) is 0.839. The zero-order valence-electron chi connectivity index (χ0n) is 14.8. The van der Waals surface area contributed by atoms with Crippen LogP contribution in [-0.4, -0.2) is 50.6 Å². The Morgan fingerprint density at radius 3 is 2.69 bits per heavy atom. The Kier molecular flexibility index (Phi) is 5.34. The fraction of sp³-hybridized carbons (Fsp3) is 0.389. The second-order valence-corrected chi connectivity index (χ2v) is 6.26. The highest BCUT2D eigenvalue weighted by molar-refractivity contribution is 5.88. The highest BCUT2D eigenvalue weighted by atomic mass is 16.5. The number of hydrogen-bond acceptors (Lipinski definition) is 5. The number of carbonyl (C=O) groups is 2. The number of nitrogens with zero attached hydrogens (tertiary/aromatic N) is 3. The quantitative estimate of drug-likeness (QED) is 0.826. The van der Waals surface area contributed by atoms with Gasteiger partial charge in [-0.1, -0.05) is 12.1 Å². The average molecular weight is 358 g/mol. The molecule has 0 spiro atoms. The molecule has 8 nitrogen and oxygen atoms in total. The molecule has 1 aromatic carbocycles.